The lowest BCUT2D eigenvalue weighted by Gasteiger charge is -2.09. The van der Waals surface area contributed by atoms with Crippen molar-refractivity contribution in [2.45, 2.75) is 20.5 Å². The van der Waals surface area contributed by atoms with E-state index in [-0.39, 0.29) is 19.8 Å². The molecule has 0 saturated heterocycles. The zero-order chi connectivity index (χ0) is 33.6. The molecule has 234 valence electrons. The lowest BCUT2D eigenvalue weighted by Crippen LogP contribution is -2.12. The van der Waals surface area contributed by atoms with Crippen LogP contribution in [0.5, 0.6) is 11.5 Å². The molecule has 4 aromatic carbocycles. The van der Waals surface area contributed by atoms with Crippen molar-refractivity contribution in [2.75, 3.05) is 13.2 Å². The minimum Gasteiger partial charge on any atom is -0.490 e. The average Bonchev–Trinajstić information content (AvgIpc) is 3.08. The molecule has 0 unspecified atom stereocenters. The zero-order valence-corrected chi connectivity index (χ0v) is 26.1. The second-order valence-electron chi connectivity index (χ2n) is 10.2. The molecule has 0 aliphatic carbocycles. The Labute approximate surface area is 274 Å². The summed E-state index contributed by atoms with van der Waals surface area (Å²) in [5, 5.41) is 0. The third kappa shape index (κ3) is 10.7. The van der Waals surface area contributed by atoms with Gasteiger partial charge in [0, 0.05) is 33.9 Å². The topological polar surface area (TPSA) is 88.1 Å². The molecule has 0 fully saturated rings. The first-order valence-electron chi connectivity index (χ1n) is 14.6. The lowest BCUT2D eigenvalue weighted by molar-refractivity contribution is -0.140. The maximum atomic E-state index is 12.7. The molecule has 0 heterocycles. The van der Waals surface area contributed by atoms with Crippen LogP contribution in [-0.4, -0.2) is 31.1 Å². The van der Waals surface area contributed by atoms with Crippen LogP contribution in [0.4, 0.5) is 0 Å². The molecule has 0 atom stereocenters. The van der Waals surface area contributed by atoms with Crippen molar-refractivity contribution in [1.29, 1.82) is 0 Å². The maximum absolute atomic E-state index is 12.7. The van der Waals surface area contributed by atoms with Crippen molar-refractivity contribution in [2.24, 2.45) is 0 Å². The van der Waals surface area contributed by atoms with Gasteiger partial charge < -0.3 is 18.9 Å². The molecule has 0 amide bonds. The molecule has 0 aliphatic rings. The van der Waals surface area contributed by atoms with Crippen LogP contribution in [-0.2, 0) is 25.7 Å². The number of rotatable bonds is 10. The van der Waals surface area contributed by atoms with Crippen LogP contribution in [0.15, 0.2) is 116 Å². The highest BCUT2D eigenvalue weighted by atomic mass is 16.6. The van der Waals surface area contributed by atoms with Gasteiger partial charge in [-0.05, 0) is 110 Å². The molecule has 0 aromatic heterocycles. The molecule has 0 radical (unpaired) electrons. The molecule has 0 saturated carbocycles. The Morgan fingerprint density at radius 3 is 1.72 bits per heavy atom. The van der Waals surface area contributed by atoms with Gasteiger partial charge >= 0.3 is 17.9 Å². The molecule has 0 spiro atoms. The Balaban J connectivity index is 1.27. The Bertz CT molecular complexity index is 1890. The summed E-state index contributed by atoms with van der Waals surface area (Å²) in [6, 6.07) is 26.9. The Morgan fingerprint density at radius 2 is 1.21 bits per heavy atom. The fourth-order valence-corrected chi connectivity index (χ4v) is 3.93. The van der Waals surface area contributed by atoms with Crippen molar-refractivity contribution in [3.05, 3.63) is 155 Å². The third-order valence-electron chi connectivity index (χ3n) is 6.56. The smallest absolute Gasteiger partial charge is 0.343 e. The van der Waals surface area contributed by atoms with Crippen molar-refractivity contribution in [1.82, 2.24) is 0 Å². The van der Waals surface area contributed by atoms with Gasteiger partial charge in [-0.25, -0.2) is 14.4 Å². The van der Waals surface area contributed by atoms with Gasteiger partial charge in [-0.3, -0.25) is 0 Å². The first-order chi connectivity index (χ1) is 22.7. The Kier molecular flexibility index (Phi) is 11.9. The molecule has 7 nitrogen and oxygen atoms in total. The van der Waals surface area contributed by atoms with Crippen LogP contribution >= 0.6 is 0 Å². The second-order valence-corrected chi connectivity index (χ2v) is 10.2. The summed E-state index contributed by atoms with van der Waals surface area (Å²) in [5.74, 6) is 12.1. The SMILES string of the molecule is C=CC(=O)OCc1ccc(OC(=O)c2ccc(C#Cc3ccc(C#Cc4ccc(OCCOC(=O)C(=C)C)cc4)cc3)cc2)cc1C. The summed E-state index contributed by atoms with van der Waals surface area (Å²) in [5.41, 5.74) is 5.63. The largest absolute Gasteiger partial charge is 0.490 e. The highest BCUT2D eigenvalue weighted by Crippen LogP contribution is 2.20. The van der Waals surface area contributed by atoms with Crippen LogP contribution in [0.3, 0.4) is 0 Å². The van der Waals surface area contributed by atoms with Gasteiger partial charge in [0.1, 0.15) is 31.3 Å². The van der Waals surface area contributed by atoms with Crippen LogP contribution in [0.25, 0.3) is 0 Å². The van der Waals surface area contributed by atoms with E-state index in [0.29, 0.717) is 22.6 Å². The van der Waals surface area contributed by atoms with Gasteiger partial charge in [0.15, 0.2) is 0 Å². The van der Waals surface area contributed by atoms with E-state index in [0.717, 1.165) is 39.5 Å². The molecule has 7 heteroatoms. The predicted octanol–water partition coefficient (Wildman–Crippen LogP) is 6.74. The number of ether oxygens (including phenoxy) is 4. The fourth-order valence-electron chi connectivity index (χ4n) is 3.93. The Hall–Kier alpha value is -6.31. The summed E-state index contributed by atoms with van der Waals surface area (Å²) in [6.45, 7) is 10.9. The normalized spacial score (nSPS) is 9.83. The van der Waals surface area contributed by atoms with E-state index >= 15 is 0 Å². The van der Waals surface area contributed by atoms with E-state index < -0.39 is 17.9 Å². The van der Waals surface area contributed by atoms with Gasteiger partial charge in [-0.1, -0.05) is 42.9 Å². The van der Waals surface area contributed by atoms with Crippen molar-refractivity contribution < 1.29 is 33.3 Å². The van der Waals surface area contributed by atoms with Crippen LogP contribution in [0, 0.1) is 30.6 Å². The first kappa shape index (κ1) is 33.6. The van der Waals surface area contributed by atoms with Gasteiger partial charge in [0.2, 0.25) is 0 Å². The molecule has 47 heavy (non-hydrogen) atoms. The number of esters is 3. The van der Waals surface area contributed by atoms with Crippen LogP contribution in [0.2, 0.25) is 0 Å². The van der Waals surface area contributed by atoms with Gasteiger partial charge in [0.25, 0.3) is 0 Å². The standard InChI is InChI=1S/C40H32O7/c1-5-38(41)46-27-35-20-23-37(26-29(35)4)47-40(43)34-18-14-32(15-19-34)12-10-30-6-8-31(9-7-30)11-13-33-16-21-36(22-17-33)44-24-25-45-39(42)28(2)3/h5-9,14-23,26H,1-2,24-25,27H2,3-4H3. The molecular weight excluding hydrogens is 592 g/mol. The second kappa shape index (κ2) is 16.7. The highest BCUT2D eigenvalue weighted by Gasteiger charge is 2.10. The summed E-state index contributed by atoms with van der Waals surface area (Å²) in [6.07, 6.45) is 1.11. The summed E-state index contributed by atoms with van der Waals surface area (Å²) in [4.78, 5) is 35.3. The van der Waals surface area contributed by atoms with Gasteiger partial charge in [-0.15, -0.1) is 0 Å². The number of carbonyl (C=O) groups is 3. The third-order valence-corrected chi connectivity index (χ3v) is 6.56. The first-order valence-corrected chi connectivity index (χ1v) is 14.6. The van der Waals surface area contributed by atoms with E-state index in [4.69, 9.17) is 18.9 Å². The minimum absolute atomic E-state index is 0.110. The molecule has 4 rings (SSSR count). The number of hydrogen-bond acceptors (Lipinski definition) is 7. The van der Waals surface area contributed by atoms with Crippen molar-refractivity contribution in [3.63, 3.8) is 0 Å². The molecule has 0 N–H and O–H groups in total. The number of aryl methyl sites for hydroxylation is 1. The molecular formula is C40H32O7. The van der Waals surface area contributed by atoms with Crippen molar-refractivity contribution in [3.8, 4) is 35.2 Å². The fraction of sp³-hybridized carbons (Fsp3) is 0.125. The average molecular weight is 625 g/mol. The quantitative estimate of drug-likeness (QED) is 0.0635. The van der Waals surface area contributed by atoms with E-state index in [1.165, 1.54) is 0 Å². The van der Waals surface area contributed by atoms with Gasteiger partial charge in [0.05, 0.1) is 5.56 Å². The van der Waals surface area contributed by atoms with E-state index in [9.17, 15) is 14.4 Å². The number of hydrogen-bond donors (Lipinski definition) is 0. The summed E-state index contributed by atoms with van der Waals surface area (Å²) < 4.78 is 21.2. The summed E-state index contributed by atoms with van der Waals surface area (Å²) >= 11 is 0. The van der Waals surface area contributed by atoms with Gasteiger partial charge in [-0.2, -0.15) is 0 Å². The maximum Gasteiger partial charge on any atom is 0.343 e. The zero-order valence-electron chi connectivity index (χ0n) is 26.1. The molecule has 4 aromatic rings. The predicted molar refractivity (Wildman–Crippen MR) is 179 cm³/mol. The number of carbonyl (C=O) groups excluding carboxylic acids is 3. The highest BCUT2D eigenvalue weighted by molar-refractivity contribution is 5.91. The monoisotopic (exact) mass is 624 g/mol. The van der Waals surface area contributed by atoms with Crippen LogP contribution < -0.4 is 9.47 Å². The molecule has 0 bridgehead atoms. The Morgan fingerprint density at radius 1 is 0.702 bits per heavy atom. The lowest BCUT2D eigenvalue weighted by atomic mass is 10.1. The summed E-state index contributed by atoms with van der Waals surface area (Å²) in [7, 11) is 0. The minimum atomic E-state index is -0.502. The van der Waals surface area contributed by atoms with E-state index in [1.54, 1.807) is 49.4 Å². The van der Waals surface area contributed by atoms with E-state index in [2.05, 4.69) is 36.8 Å². The number of benzene rings is 4. The van der Waals surface area contributed by atoms with Crippen LogP contribution in [0.1, 0.15) is 50.7 Å². The van der Waals surface area contributed by atoms with E-state index in [1.807, 2.05) is 55.5 Å². The van der Waals surface area contributed by atoms with Crippen molar-refractivity contribution >= 4 is 17.9 Å². The molecule has 0 aliphatic heterocycles.